The van der Waals surface area contributed by atoms with Crippen molar-refractivity contribution in [1.29, 1.82) is 0 Å². The molecular formula is C38H54FeN4O6+2. The Labute approximate surface area is 305 Å². The van der Waals surface area contributed by atoms with Gasteiger partial charge in [-0.1, -0.05) is 58.0 Å². The molecule has 2 aliphatic carbocycles. The van der Waals surface area contributed by atoms with Gasteiger partial charge in [-0.2, -0.15) is 0 Å². The molecule has 10 nitrogen and oxygen atoms in total. The molecule has 2 aliphatic rings. The van der Waals surface area contributed by atoms with Gasteiger partial charge >= 0.3 is 23.2 Å². The van der Waals surface area contributed by atoms with Crippen molar-refractivity contribution in [3.63, 3.8) is 0 Å². The average molecular weight is 719 g/mol. The first-order valence-electron chi connectivity index (χ1n) is 16.6. The number of nitrogens with one attached hydrogen (secondary N) is 4. The smallest absolute Gasteiger partial charge is 0.444 e. The van der Waals surface area contributed by atoms with Gasteiger partial charge in [0.2, 0.25) is 17.7 Å². The van der Waals surface area contributed by atoms with Gasteiger partial charge < -0.3 is 31.1 Å². The van der Waals surface area contributed by atoms with E-state index < -0.39 is 47.7 Å². The second-order valence-corrected chi connectivity index (χ2v) is 13.7. The predicted molar refractivity (Wildman–Crippen MR) is 187 cm³/mol. The minimum Gasteiger partial charge on any atom is -0.444 e. The average Bonchev–Trinajstić information content (AvgIpc) is 3.75. The monoisotopic (exact) mass is 718 g/mol. The number of rotatable bonds is 15. The Bertz CT molecular complexity index is 1110. The summed E-state index contributed by atoms with van der Waals surface area (Å²) in [5.74, 6) is -0.640. The SMILES string of the molecule is CC(C)C[C@H](NC(=O)OC(C)(C)C)[C@@H](O)CC(=O)N[C@H](C(=O)N[C@H](Cc1ccccc1)C(=O)NC[C]1[CH][CH][CH][CH]1)C(C)C.[CH]1[CH][CH][CH][CH]1.[Fe+2]. The van der Waals surface area contributed by atoms with E-state index in [-0.39, 0.29) is 47.7 Å². The Balaban J connectivity index is 0.00000182. The number of alkyl carbamates (subject to hydrolysis) is 1. The molecule has 3 rings (SSSR count). The van der Waals surface area contributed by atoms with Crippen molar-refractivity contribution in [2.45, 2.75) is 97.6 Å². The fourth-order valence-electron chi connectivity index (χ4n) is 4.86. The molecule has 2 fully saturated rings. The maximum atomic E-state index is 13.5. The summed E-state index contributed by atoms with van der Waals surface area (Å²) in [5.41, 5.74) is 0.156. The predicted octanol–water partition coefficient (Wildman–Crippen LogP) is 4.09. The number of benzene rings is 1. The maximum Gasteiger partial charge on any atom is 2.00 e. The molecule has 0 aliphatic heterocycles. The summed E-state index contributed by atoms with van der Waals surface area (Å²) in [7, 11) is 0. The molecule has 0 saturated heterocycles. The molecule has 0 bridgehead atoms. The van der Waals surface area contributed by atoms with E-state index >= 15 is 0 Å². The maximum absolute atomic E-state index is 13.5. The van der Waals surface area contributed by atoms with E-state index in [1.165, 1.54) is 0 Å². The van der Waals surface area contributed by atoms with Gasteiger partial charge in [0, 0.05) is 18.9 Å². The third-order valence-corrected chi connectivity index (χ3v) is 7.22. The van der Waals surface area contributed by atoms with Crippen LogP contribution in [0.1, 0.15) is 66.9 Å². The van der Waals surface area contributed by atoms with Gasteiger partial charge in [-0.15, -0.1) is 0 Å². The van der Waals surface area contributed by atoms with Gasteiger partial charge in [0.1, 0.15) is 17.7 Å². The van der Waals surface area contributed by atoms with Crippen LogP contribution in [0, 0.1) is 75.5 Å². The number of hydrogen-bond donors (Lipinski definition) is 5. The Hall–Kier alpha value is -2.62. The summed E-state index contributed by atoms with van der Waals surface area (Å²) in [6, 6.07) is 6.81. The number of amides is 4. The molecule has 2 saturated carbocycles. The topological polar surface area (TPSA) is 146 Å². The van der Waals surface area contributed by atoms with Crippen LogP contribution in [0.2, 0.25) is 0 Å². The first-order chi connectivity index (χ1) is 22.6. The summed E-state index contributed by atoms with van der Waals surface area (Å²) in [4.78, 5) is 52.1. The largest absolute Gasteiger partial charge is 2.00 e. The Kier molecular flexibility index (Phi) is 20.8. The van der Waals surface area contributed by atoms with Crippen LogP contribution in [0.3, 0.4) is 0 Å². The molecule has 0 unspecified atom stereocenters. The van der Waals surface area contributed by atoms with Crippen LogP contribution < -0.4 is 21.3 Å². The van der Waals surface area contributed by atoms with Gasteiger partial charge in [-0.3, -0.25) is 14.4 Å². The zero-order valence-electron chi connectivity index (χ0n) is 29.7. The van der Waals surface area contributed by atoms with E-state index in [1.807, 2.05) is 102 Å². The van der Waals surface area contributed by atoms with Gasteiger partial charge in [-0.05, 0) is 102 Å². The van der Waals surface area contributed by atoms with Crippen LogP contribution in [-0.4, -0.2) is 65.3 Å². The minimum absolute atomic E-state index is 0. The fourth-order valence-corrected chi connectivity index (χ4v) is 4.86. The van der Waals surface area contributed by atoms with Crippen molar-refractivity contribution < 1.29 is 46.1 Å². The van der Waals surface area contributed by atoms with E-state index in [0.29, 0.717) is 13.0 Å². The molecule has 0 spiro atoms. The molecule has 4 amide bonds. The molecule has 0 aromatic heterocycles. The van der Waals surface area contributed by atoms with Crippen LogP contribution in [-0.2, 0) is 42.6 Å². The zero-order chi connectivity index (χ0) is 35.7. The molecule has 49 heavy (non-hydrogen) atoms. The molecule has 1 aromatic rings. The van der Waals surface area contributed by atoms with Crippen molar-refractivity contribution in [2.75, 3.05) is 6.54 Å². The molecule has 11 heteroatoms. The van der Waals surface area contributed by atoms with Crippen molar-refractivity contribution in [1.82, 2.24) is 21.3 Å². The summed E-state index contributed by atoms with van der Waals surface area (Å²) in [6.07, 6.45) is 16.0. The van der Waals surface area contributed by atoms with Gasteiger partial charge in [0.15, 0.2) is 0 Å². The number of aliphatic hydroxyl groups excluding tert-OH is 1. The first-order valence-corrected chi connectivity index (χ1v) is 16.6. The molecule has 5 N–H and O–H groups in total. The van der Waals surface area contributed by atoms with E-state index in [9.17, 15) is 24.3 Å². The van der Waals surface area contributed by atoms with E-state index in [1.54, 1.807) is 34.6 Å². The third-order valence-electron chi connectivity index (χ3n) is 7.22. The van der Waals surface area contributed by atoms with E-state index in [2.05, 4.69) is 21.3 Å². The standard InChI is InChI=1S/C33H49N4O6.C5H5.Fe/c1-21(2)17-25(36-32(42)43-33(5,6)7)27(38)19-28(39)37-29(22(3)4)31(41)35-26(18-23-13-9-8-10-14-23)30(40)34-20-24-15-11-12-16-24;1-2-4-5-3-1;/h8-16,21-22,25-27,29,38H,17-20H2,1-7H3,(H,34,40)(H,35,41)(H,36,42)(H,37,39);1-5H;/q;;+2/t25-,26+,27-,29-;;/m0../s1. The minimum atomic E-state index is -1.21. The van der Waals surface area contributed by atoms with Crippen molar-refractivity contribution >= 4 is 23.8 Å². The number of hydrogen-bond acceptors (Lipinski definition) is 6. The van der Waals surface area contributed by atoms with Gasteiger partial charge in [0.05, 0.1) is 18.6 Å². The summed E-state index contributed by atoms with van der Waals surface area (Å²) in [6.45, 7) is 13.0. The second-order valence-electron chi connectivity index (χ2n) is 13.7. The Morgan fingerprint density at radius 1 is 0.796 bits per heavy atom. The second kappa shape index (κ2) is 23.0. The third kappa shape index (κ3) is 18.8. The number of aliphatic hydroxyl groups is 1. The Morgan fingerprint density at radius 3 is 1.88 bits per heavy atom. The Morgan fingerprint density at radius 2 is 1.37 bits per heavy atom. The molecule has 10 radical (unpaired) electrons. The van der Waals surface area contributed by atoms with Crippen molar-refractivity contribution in [3.05, 3.63) is 99.6 Å². The van der Waals surface area contributed by atoms with E-state index in [0.717, 1.165) is 11.5 Å². The van der Waals surface area contributed by atoms with Gasteiger partial charge in [0.25, 0.3) is 0 Å². The van der Waals surface area contributed by atoms with Crippen LogP contribution in [0.15, 0.2) is 30.3 Å². The van der Waals surface area contributed by atoms with Crippen molar-refractivity contribution in [2.24, 2.45) is 11.8 Å². The summed E-state index contributed by atoms with van der Waals surface area (Å²) < 4.78 is 5.32. The van der Waals surface area contributed by atoms with E-state index in [4.69, 9.17) is 4.74 Å². The van der Waals surface area contributed by atoms with Crippen LogP contribution in [0.25, 0.3) is 0 Å². The number of carbonyl (C=O) groups excluding carboxylic acids is 4. The molecule has 268 valence electrons. The molecular weight excluding hydrogens is 664 g/mol. The quantitative estimate of drug-likeness (QED) is 0.173. The summed E-state index contributed by atoms with van der Waals surface area (Å²) in [5, 5.41) is 22.0. The van der Waals surface area contributed by atoms with Crippen LogP contribution in [0.5, 0.6) is 0 Å². The van der Waals surface area contributed by atoms with Crippen LogP contribution >= 0.6 is 0 Å². The molecule has 1 aromatic carbocycles. The first kappa shape index (κ1) is 44.4. The molecule has 0 heterocycles. The van der Waals surface area contributed by atoms with Crippen LogP contribution in [0.4, 0.5) is 4.79 Å². The number of ether oxygens (including phenoxy) is 1. The van der Waals surface area contributed by atoms with Crippen molar-refractivity contribution in [3.8, 4) is 0 Å². The fraction of sp³-hybridized carbons (Fsp3) is 0.474. The normalized spacial score (nSPS) is 17.1. The van der Waals surface area contributed by atoms with Gasteiger partial charge in [-0.25, -0.2) is 4.79 Å². The summed E-state index contributed by atoms with van der Waals surface area (Å²) >= 11 is 0. The zero-order valence-corrected chi connectivity index (χ0v) is 30.8. The molecule has 4 atom stereocenters. The number of carbonyl (C=O) groups is 4.